The van der Waals surface area contributed by atoms with E-state index in [9.17, 15) is 9.59 Å². The molecule has 0 N–H and O–H groups in total. The fourth-order valence-electron chi connectivity index (χ4n) is 4.00. The van der Waals surface area contributed by atoms with E-state index in [4.69, 9.17) is 14.0 Å². The molecule has 2 aromatic rings. The van der Waals surface area contributed by atoms with Crippen LogP contribution in [0.15, 0.2) is 34.9 Å². The Bertz CT molecular complexity index is 874. The molecule has 2 aliphatic rings. The molecule has 0 spiro atoms. The molecule has 2 fully saturated rings. The molecule has 0 saturated carbocycles. The molecule has 0 aliphatic carbocycles. The summed E-state index contributed by atoms with van der Waals surface area (Å²) in [6.07, 6.45) is 1.20. The van der Waals surface area contributed by atoms with Crippen molar-refractivity contribution in [3.8, 4) is 5.75 Å². The number of likely N-dealkylation sites (tertiary alicyclic amines) is 1. The summed E-state index contributed by atoms with van der Waals surface area (Å²) in [5.74, 6) is 1.02. The Balaban J connectivity index is 1.40. The highest BCUT2D eigenvalue weighted by Gasteiger charge is 2.38. The average molecular weight is 399 g/mol. The van der Waals surface area contributed by atoms with Crippen molar-refractivity contribution < 1.29 is 23.6 Å². The van der Waals surface area contributed by atoms with Gasteiger partial charge in [0.15, 0.2) is 5.76 Å². The number of nitrogens with zero attached hydrogens (tertiary/aromatic N) is 3. The Labute approximate surface area is 169 Å². The maximum absolute atomic E-state index is 13.1. The number of carbonyl (C=O) groups excluding carboxylic acids is 2. The molecule has 2 amide bonds. The van der Waals surface area contributed by atoms with E-state index in [1.165, 1.54) is 0 Å². The van der Waals surface area contributed by atoms with Crippen LogP contribution in [-0.2, 0) is 11.3 Å². The lowest BCUT2D eigenvalue weighted by Gasteiger charge is -2.37. The summed E-state index contributed by atoms with van der Waals surface area (Å²) in [6, 6.07) is 9.56. The van der Waals surface area contributed by atoms with E-state index in [2.05, 4.69) is 5.16 Å². The topological polar surface area (TPSA) is 85.1 Å². The largest absolute Gasteiger partial charge is 0.486 e. The molecule has 2 aliphatic heterocycles. The van der Waals surface area contributed by atoms with Gasteiger partial charge in [-0.1, -0.05) is 23.4 Å². The van der Waals surface area contributed by atoms with Crippen LogP contribution in [0.5, 0.6) is 5.75 Å². The zero-order chi connectivity index (χ0) is 20.4. The van der Waals surface area contributed by atoms with Crippen LogP contribution in [-0.4, -0.2) is 58.7 Å². The number of para-hydroxylation sites is 1. The molecule has 29 heavy (non-hydrogen) atoms. The van der Waals surface area contributed by atoms with Gasteiger partial charge in [0, 0.05) is 19.1 Å². The van der Waals surface area contributed by atoms with Gasteiger partial charge >= 0.3 is 6.09 Å². The number of hydrogen-bond donors (Lipinski definition) is 0. The maximum atomic E-state index is 13.1. The first-order valence-electron chi connectivity index (χ1n) is 9.92. The summed E-state index contributed by atoms with van der Waals surface area (Å²) < 4.78 is 16.2. The van der Waals surface area contributed by atoms with Crippen molar-refractivity contribution in [1.29, 1.82) is 0 Å². The monoisotopic (exact) mass is 399 g/mol. The Hall–Kier alpha value is -3.03. The third kappa shape index (κ3) is 3.92. The molecular formula is C21H25N3O5. The number of amides is 2. The van der Waals surface area contributed by atoms with Crippen molar-refractivity contribution in [2.45, 2.75) is 45.4 Å². The van der Waals surface area contributed by atoms with Gasteiger partial charge in [-0.2, -0.15) is 0 Å². The maximum Gasteiger partial charge on any atom is 0.410 e. The summed E-state index contributed by atoms with van der Waals surface area (Å²) in [7, 11) is 0. The quantitative estimate of drug-likeness (QED) is 0.768. The molecule has 1 atom stereocenters. The average Bonchev–Trinajstić information content (AvgIpc) is 3.28. The molecule has 1 aromatic carbocycles. The minimum atomic E-state index is -0.252. The van der Waals surface area contributed by atoms with Crippen molar-refractivity contribution in [2.75, 3.05) is 19.7 Å². The van der Waals surface area contributed by atoms with Crippen LogP contribution in [0.3, 0.4) is 0 Å². The third-order valence-corrected chi connectivity index (χ3v) is 5.54. The fourth-order valence-corrected chi connectivity index (χ4v) is 4.00. The lowest BCUT2D eigenvalue weighted by molar-refractivity contribution is 0.0636. The van der Waals surface area contributed by atoms with Crippen molar-refractivity contribution in [3.63, 3.8) is 0 Å². The van der Waals surface area contributed by atoms with Gasteiger partial charge in [0.2, 0.25) is 0 Å². The first-order chi connectivity index (χ1) is 14.0. The van der Waals surface area contributed by atoms with Crippen LogP contribution < -0.4 is 4.74 Å². The zero-order valence-corrected chi connectivity index (χ0v) is 16.7. The zero-order valence-electron chi connectivity index (χ0n) is 16.7. The van der Waals surface area contributed by atoms with Crippen molar-refractivity contribution in [1.82, 2.24) is 15.0 Å². The molecule has 2 saturated heterocycles. The Morgan fingerprint density at radius 2 is 1.97 bits per heavy atom. The summed E-state index contributed by atoms with van der Waals surface area (Å²) in [6.45, 7) is 5.47. The van der Waals surface area contributed by atoms with E-state index < -0.39 is 0 Å². The van der Waals surface area contributed by atoms with Gasteiger partial charge in [0.1, 0.15) is 24.5 Å². The van der Waals surface area contributed by atoms with Gasteiger partial charge in [0.25, 0.3) is 5.91 Å². The van der Waals surface area contributed by atoms with E-state index in [0.29, 0.717) is 42.5 Å². The van der Waals surface area contributed by atoms with E-state index in [1.54, 1.807) is 11.8 Å². The highest BCUT2D eigenvalue weighted by atomic mass is 16.6. The molecule has 8 nitrogen and oxygen atoms in total. The molecule has 1 unspecified atom stereocenters. The fraction of sp³-hybridized carbons (Fsp3) is 0.476. The number of carbonyl (C=O) groups is 2. The molecule has 3 heterocycles. The first-order valence-corrected chi connectivity index (χ1v) is 9.92. The number of benzene rings is 1. The molecular weight excluding hydrogens is 374 g/mol. The minimum absolute atomic E-state index is 0.0804. The second-order valence-corrected chi connectivity index (χ2v) is 7.52. The lowest BCUT2D eigenvalue weighted by atomic mass is 10.0. The molecule has 154 valence electrons. The van der Waals surface area contributed by atoms with Crippen molar-refractivity contribution >= 4 is 12.0 Å². The smallest absolute Gasteiger partial charge is 0.410 e. The molecule has 4 rings (SSSR count). The second-order valence-electron chi connectivity index (χ2n) is 7.52. The predicted molar refractivity (Wildman–Crippen MR) is 104 cm³/mol. The SMILES string of the molecule is Cc1noc(COc2ccccc2)c1C(=O)N1CCC(N2C(=O)OCC2C)CC1. The predicted octanol–water partition coefficient (Wildman–Crippen LogP) is 3.01. The van der Waals surface area contributed by atoms with Gasteiger partial charge in [-0.05, 0) is 38.8 Å². The van der Waals surface area contributed by atoms with Gasteiger partial charge in [-0.25, -0.2) is 4.79 Å². The summed E-state index contributed by atoms with van der Waals surface area (Å²) >= 11 is 0. The van der Waals surface area contributed by atoms with Gasteiger partial charge in [-0.15, -0.1) is 0 Å². The van der Waals surface area contributed by atoms with Crippen molar-refractivity contribution in [2.24, 2.45) is 0 Å². The number of cyclic esters (lactones) is 1. The highest BCUT2D eigenvalue weighted by molar-refractivity contribution is 5.96. The van der Waals surface area contributed by atoms with E-state index in [1.807, 2.05) is 42.2 Å². The van der Waals surface area contributed by atoms with Crippen LogP contribution in [0.2, 0.25) is 0 Å². The van der Waals surface area contributed by atoms with Crippen LogP contribution in [0, 0.1) is 6.92 Å². The Kier molecular flexibility index (Phi) is 5.42. The third-order valence-electron chi connectivity index (χ3n) is 5.54. The molecule has 0 radical (unpaired) electrons. The standard InChI is InChI=1S/C21H25N3O5/c1-14-12-28-21(26)24(14)16-8-10-23(11-9-16)20(25)19-15(2)22-29-18(19)13-27-17-6-4-3-5-7-17/h3-7,14,16H,8-13H2,1-2H3. The van der Waals surface area contributed by atoms with Crippen LogP contribution in [0.25, 0.3) is 0 Å². The summed E-state index contributed by atoms with van der Waals surface area (Å²) in [4.78, 5) is 28.7. The number of hydrogen-bond acceptors (Lipinski definition) is 6. The first kappa shape index (κ1) is 19.3. The summed E-state index contributed by atoms with van der Waals surface area (Å²) in [5.41, 5.74) is 1.02. The van der Waals surface area contributed by atoms with Gasteiger partial charge in [-0.3, -0.25) is 9.69 Å². The number of aromatic nitrogens is 1. The summed E-state index contributed by atoms with van der Waals surface area (Å²) in [5, 5.41) is 3.97. The molecule has 1 aromatic heterocycles. The second kappa shape index (κ2) is 8.14. The number of rotatable bonds is 5. The number of piperidine rings is 1. The van der Waals surface area contributed by atoms with Crippen molar-refractivity contribution in [3.05, 3.63) is 47.3 Å². The van der Waals surface area contributed by atoms with E-state index >= 15 is 0 Å². The van der Waals surface area contributed by atoms with Gasteiger partial charge in [0.05, 0.1) is 11.7 Å². The molecule has 8 heteroatoms. The Morgan fingerprint density at radius 1 is 1.24 bits per heavy atom. The Morgan fingerprint density at radius 3 is 2.62 bits per heavy atom. The highest BCUT2D eigenvalue weighted by Crippen LogP contribution is 2.26. The van der Waals surface area contributed by atoms with E-state index in [0.717, 1.165) is 12.8 Å². The van der Waals surface area contributed by atoms with E-state index in [-0.39, 0.29) is 30.7 Å². The minimum Gasteiger partial charge on any atom is -0.486 e. The lowest BCUT2D eigenvalue weighted by Crippen LogP contribution is -2.49. The van der Waals surface area contributed by atoms with Crippen LogP contribution in [0.4, 0.5) is 4.79 Å². The van der Waals surface area contributed by atoms with Crippen LogP contribution >= 0.6 is 0 Å². The molecule has 0 bridgehead atoms. The number of aryl methyl sites for hydroxylation is 1. The normalized spacial score (nSPS) is 20.1. The van der Waals surface area contributed by atoms with Crippen LogP contribution in [0.1, 0.15) is 41.6 Å². The van der Waals surface area contributed by atoms with Gasteiger partial charge < -0.3 is 18.9 Å². The number of ether oxygens (including phenoxy) is 2.